The zero-order valence-electron chi connectivity index (χ0n) is 10.8. The number of carbonyl (C=O) groups is 1. The van der Waals surface area contributed by atoms with Crippen LogP contribution in [0.5, 0.6) is 0 Å². The number of aliphatic hydroxyl groups is 2. The lowest BCUT2D eigenvalue weighted by atomic mass is 9.93. The van der Waals surface area contributed by atoms with Gasteiger partial charge in [0.2, 0.25) is 5.78 Å². The normalized spacial score (nSPS) is 13.1. The van der Waals surface area contributed by atoms with Crippen LogP contribution in [0.3, 0.4) is 0 Å². The SMILES string of the molecule is CCC(CC)C(=O)/C(O)=C(\O)C(CC)CC. The molecule has 0 saturated carbocycles. The maximum atomic E-state index is 11.8. The lowest BCUT2D eigenvalue weighted by molar-refractivity contribution is -0.122. The Labute approximate surface area is 98.2 Å². The van der Waals surface area contributed by atoms with Crippen LogP contribution < -0.4 is 0 Å². The van der Waals surface area contributed by atoms with E-state index >= 15 is 0 Å². The predicted octanol–water partition coefficient (Wildman–Crippen LogP) is 3.76. The molecular weight excluding hydrogens is 204 g/mol. The Balaban J connectivity index is 4.92. The summed E-state index contributed by atoms with van der Waals surface area (Å²) in [5, 5.41) is 19.5. The first-order valence-corrected chi connectivity index (χ1v) is 6.19. The van der Waals surface area contributed by atoms with E-state index in [4.69, 9.17) is 0 Å². The average Bonchev–Trinajstić information content (AvgIpc) is 2.30. The highest BCUT2D eigenvalue weighted by Gasteiger charge is 2.24. The van der Waals surface area contributed by atoms with Crippen LogP contribution in [0, 0.1) is 11.8 Å². The molecule has 0 spiro atoms. The molecule has 0 unspecified atom stereocenters. The third-order valence-corrected chi connectivity index (χ3v) is 3.20. The number of hydrogen-bond donors (Lipinski definition) is 2. The van der Waals surface area contributed by atoms with E-state index in [1.165, 1.54) is 0 Å². The largest absolute Gasteiger partial charge is 0.508 e. The van der Waals surface area contributed by atoms with Gasteiger partial charge in [-0.15, -0.1) is 0 Å². The Morgan fingerprint density at radius 3 is 1.56 bits per heavy atom. The summed E-state index contributed by atoms with van der Waals surface area (Å²) in [5.74, 6) is -1.19. The van der Waals surface area contributed by atoms with Gasteiger partial charge in [0.05, 0.1) is 0 Å². The molecule has 0 rings (SSSR count). The summed E-state index contributed by atoms with van der Waals surface area (Å²) >= 11 is 0. The molecule has 0 aliphatic carbocycles. The molecule has 0 aliphatic heterocycles. The molecule has 0 heterocycles. The van der Waals surface area contributed by atoms with Gasteiger partial charge in [0.1, 0.15) is 5.76 Å². The van der Waals surface area contributed by atoms with Crippen molar-refractivity contribution in [2.24, 2.45) is 11.8 Å². The summed E-state index contributed by atoms with van der Waals surface area (Å²) in [7, 11) is 0. The van der Waals surface area contributed by atoms with Crippen LogP contribution in [-0.2, 0) is 4.79 Å². The number of allylic oxidation sites excluding steroid dienone is 2. The Hall–Kier alpha value is -0.990. The smallest absolute Gasteiger partial charge is 0.203 e. The molecule has 0 aliphatic rings. The second kappa shape index (κ2) is 7.31. The van der Waals surface area contributed by atoms with E-state index in [1.54, 1.807) is 0 Å². The van der Waals surface area contributed by atoms with Gasteiger partial charge in [0.15, 0.2) is 5.76 Å². The molecule has 0 bridgehead atoms. The van der Waals surface area contributed by atoms with Crippen molar-refractivity contribution in [2.45, 2.75) is 53.4 Å². The van der Waals surface area contributed by atoms with Gasteiger partial charge in [-0.2, -0.15) is 0 Å². The Bertz CT molecular complexity index is 248. The number of aliphatic hydroxyl groups excluding tert-OH is 2. The minimum absolute atomic E-state index is 0.113. The molecule has 3 heteroatoms. The van der Waals surface area contributed by atoms with Gasteiger partial charge in [0.25, 0.3) is 0 Å². The van der Waals surface area contributed by atoms with Crippen molar-refractivity contribution in [3.8, 4) is 0 Å². The minimum Gasteiger partial charge on any atom is -0.508 e. The van der Waals surface area contributed by atoms with E-state index in [0.29, 0.717) is 12.8 Å². The van der Waals surface area contributed by atoms with E-state index in [2.05, 4.69) is 0 Å². The van der Waals surface area contributed by atoms with Crippen LogP contribution in [0.25, 0.3) is 0 Å². The summed E-state index contributed by atoms with van der Waals surface area (Å²) in [6.07, 6.45) is 2.83. The van der Waals surface area contributed by atoms with E-state index < -0.39 is 5.76 Å². The zero-order valence-corrected chi connectivity index (χ0v) is 10.8. The molecule has 3 nitrogen and oxygen atoms in total. The monoisotopic (exact) mass is 228 g/mol. The van der Waals surface area contributed by atoms with Crippen molar-refractivity contribution in [1.29, 1.82) is 0 Å². The van der Waals surface area contributed by atoms with Crippen LogP contribution >= 0.6 is 0 Å². The van der Waals surface area contributed by atoms with E-state index in [0.717, 1.165) is 12.8 Å². The van der Waals surface area contributed by atoms with Gasteiger partial charge in [-0.1, -0.05) is 27.7 Å². The molecule has 0 aromatic carbocycles. The van der Waals surface area contributed by atoms with Crippen molar-refractivity contribution in [2.75, 3.05) is 0 Å². The molecule has 94 valence electrons. The molecule has 0 aromatic heterocycles. The Morgan fingerprint density at radius 1 is 0.875 bits per heavy atom. The molecule has 0 fully saturated rings. The maximum Gasteiger partial charge on any atom is 0.203 e. The highest BCUT2D eigenvalue weighted by atomic mass is 16.3. The fourth-order valence-corrected chi connectivity index (χ4v) is 1.85. The lowest BCUT2D eigenvalue weighted by Crippen LogP contribution is -2.19. The quantitative estimate of drug-likeness (QED) is 0.515. The highest BCUT2D eigenvalue weighted by Crippen LogP contribution is 2.22. The maximum absolute atomic E-state index is 11.8. The van der Waals surface area contributed by atoms with Gasteiger partial charge in [-0.3, -0.25) is 4.79 Å². The summed E-state index contributed by atoms with van der Waals surface area (Å²) < 4.78 is 0. The average molecular weight is 228 g/mol. The molecular formula is C13H24O3. The van der Waals surface area contributed by atoms with Crippen molar-refractivity contribution in [3.05, 3.63) is 11.5 Å². The van der Waals surface area contributed by atoms with Crippen LogP contribution in [0.2, 0.25) is 0 Å². The molecule has 0 atom stereocenters. The molecule has 0 amide bonds. The molecule has 0 saturated heterocycles. The van der Waals surface area contributed by atoms with Crippen molar-refractivity contribution in [1.82, 2.24) is 0 Å². The highest BCUT2D eigenvalue weighted by molar-refractivity contribution is 5.95. The van der Waals surface area contributed by atoms with Crippen molar-refractivity contribution >= 4 is 5.78 Å². The topological polar surface area (TPSA) is 57.5 Å². The Kier molecular flexibility index (Phi) is 6.86. The first kappa shape index (κ1) is 15.0. The molecule has 0 aromatic rings. The molecule has 0 radical (unpaired) electrons. The summed E-state index contributed by atoms with van der Waals surface area (Å²) in [4.78, 5) is 11.8. The van der Waals surface area contributed by atoms with Crippen molar-refractivity contribution in [3.63, 3.8) is 0 Å². The van der Waals surface area contributed by atoms with E-state index in [1.807, 2.05) is 27.7 Å². The first-order chi connectivity index (χ1) is 7.53. The molecule has 2 N–H and O–H groups in total. The number of carbonyl (C=O) groups excluding carboxylic acids is 1. The fourth-order valence-electron chi connectivity index (χ4n) is 1.85. The zero-order chi connectivity index (χ0) is 12.7. The van der Waals surface area contributed by atoms with Crippen LogP contribution in [0.4, 0.5) is 0 Å². The second-order valence-corrected chi connectivity index (χ2v) is 4.12. The number of rotatable bonds is 7. The predicted molar refractivity (Wildman–Crippen MR) is 65.4 cm³/mol. The minimum atomic E-state index is -0.428. The van der Waals surface area contributed by atoms with Crippen LogP contribution in [0.1, 0.15) is 53.4 Å². The van der Waals surface area contributed by atoms with Crippen LogP contribution in [0.15, 0.2) is 11.5 Å². The first-order valence-electron chi connectivity index (χ1n) is 6.19. The van der Waals surface area contributed by atoms with Crippen LogP contribution in [-0.4, -0.2) is 16.0 Å². The standard InChI is InChI=1S/C13H24O3/c1-5-9(6-2)11(14)13(16)12(15)10(7-3)8-4/h9-10,14,16H,5-8H2,1-4H3/b13-11+. The van der Waals surface area contributed by atoms with Gasteiger partial charge in [-0.05, 0) is 25.7 Å². The van der Waals surface area contributed by atoms with E-state index in [9.17, 15) is 15.0 Å². The van der Waals surface area contributed by atoms with E-state index in [-0.39, 0.29) is 23.4 Å². The summed E-state index contributed by atoms with van der Waals surface area (Å²) in [5.41, 5.74) is 0. The van der Waals surface area contributed by atoms with Gasteiger partial charge in [-0.25, -0.2) is 0 Å². The fraction of sp³-hybridized carbons (Fsp3) is 0.769. The van der Waals surface area contributed by atoms with Gasteiger partial charge in [0, 0.05) is 11.8 Å². The second-order valence-electron chi connectivity index (χ2n) is 4.12. The summed E-state index contributed by atoms with van der Waals surface area (Å²) in [6.45, 7) is 7.68. The van der Waals surface area contributed by atoms with Gasteiger partial charge < -0.3 is 10.2 Å². The number of Topliss-reactive ketones (excluding diaryl/α,β-unsaturated/α-hetero) is 1. The number of ketones is 1. The van der Waals surface area contributed by atoms with Gasteiger partial charge >= 0.3 is 0 Å². The summed E-state index contributed by atoms with van der Waals surface area (Å²) in [6, 6.07) is 0. The third-order valence-electron chi connectivity index (χ3n) is 3.20. The van der Waals surface area contributed by atoms with Crippen molar-refractivity contribution < 1.29 is 15.0 Å². The lowest BCUT2D eigenvalue weighted by Gasteiger charge is -2.15. The molecule has 16 heavy (non-hydrogen) atoms. The third kappa shape index (κ3) is 3.54. The Morgan fingerprint density at radius 2 is 1.25 bits per heavy atom. The number of hydrogen-bond acceptors (Lipinski definition) is 3.